The minimum absolute atomic E-state index is 0.00387. The summed E-state index contributed by atoms with van der Waals surface area (Å²) in [4.78, 5) is 0.169. The van der Waals surface area contributed by atoms with E-state index in [0.29, 0.717) is 18.1 Å². The summed E-state index contributed by atoms with van der Waals surface area (Å²) in [7, 11) is -0.206. The molecule has 0 spiro atoms. The maximum Gasteiger partial charge on any atom is 0.246 e. The average Bonchev–Trinajstić information content (AvgIpc) is 2.47. The number of rotatable bonds is 4. The largest absolute Gasteiger partial charge is 0.495 e. The van der Waals surface area contributed by atoms with Crippen LogP contribution in [-0.2, 0) is 10.0 Å². The van der Waals surface area contributed by atoms with Crippen molar-refractivity contribution in [2.75, 3.05) is 27.2 Å². The molecule has 1 aliphatic rings. The molecule has 5 nitrogen and oxygen atoms in total. The number of nitrogens with zero attached hydrogens (tertiary/aromatic N) is 1. The van der Waals surface area contributed by atoms with E-state index in [1.54, 1.807) is 6.07 Å². The van der Waals surface area contributed by atoms with Crippen LogP contribution in [0.5, 0.6) is 5.75 Å². The molecule has 1 aromatic carbocycles. The molecule has 0 atom stereocenters. The van der Waals surface area contributed by atoms with Gasteiger partial charge in [-0.1, -0.05) is 11.6 Å². The molecule has 0 aromatic heterocycles. The Kier molecular flexibility index (Phi) is 4.82. The van der Waals surface area contributed by atoms with Gasteiger partial charge in [0, 0.05) is 29.7 Å². The number of hydrogen-bond donors (Lipinski definition) is 1. The first-order chi connectivity index (χ1) is 9.82. The van der Waals surface area contributed by atoms with Crippen molar-refractivity contribution in [2.24, 2.45) is 0 Å². The lowest BCUT2D eigenvalue weighted by Gasteiger charge is -2.38. The molecule has 2 rings (SSSR count). The van der Waals surface area contributed by atoms with Crippen LogP contribution in [0.1, 0.15) is 19.8 Å². The lowest BCUT2D eigenvalue weighted by Crippen LogP contribution is -2.51. The van der Waals surface area contributed by atoms with Gasteiger partial charge >= 0.3 is 0 Å². The number of benzene rings is 1. The van der Waals surface area contributed by atoms with Crippen molar-refractivity contribution in [1.82, 2.24) is 9.62 Å². The van der Waals surface area contributed by atoms with Crippen LogP contribution < -0.4 is 10.1 Å². The predicted octanol–water partition coefficient (Wildman–Crippen LogP) is 2.11. The molecule has 0 aliphatic carbocycles. The van der Waals surface area contributed by atoms with Crippen LogP contribution in [0.3, 0.4) is 0 Å². The summed E-state index contributed by atoms with van der Waals surface area (Å²) < 4.78 is 32.2. The second kappa shape index (κ2) is 6.12. The first-order valence-corrected chi connectivity index (χ1v) is 8.67. The number of methoxy groups -OCH3 is 1. The Balaban J connectivity index is 2.28. The van der Waals surface area contributed by atoms with Crippen LogP contribution in [-0.4, -0.2) is 45.5 Å². The molecule has 1 fully saturated rings. The Morgan fingerprint density at radius 2 is 1.95 bits per heavy atom. The van der Waals surface area contributed by atoms with Crippen molar-refractivity contribution in [1.29, 1.82) is 0 Å². The Hall–Kier alpha value is -0.820. The fourth-order valence-electron chi connectivity index (χ4n) is 2.46. The van der Waals surface area contributed by atoms with Crippen molar-refractivity contribution in [3.8, 4) is 5.75 Å². The van der Waals surface area contributed by atoms with E-state index < -0.39 is 10.0 Å². The molecule has 0 saturated carbocycles. The summed E-state index contributed by atoms with van der Waals surface area (Å²) in [6, 6.07) is 4.59. The van der Waals surface area contributed by atoms with E-state index in [9.17, 15) is 8.42 Å². The van der Waals surface area contributed by atoms with Crippen molar-refractivity contribution < 1.29 is 13.2 Å². The standard InChI is InChI=1S/C14H21ClN2O3S/c1-14(16-2)6-8-17(9-7-14)21(18,19)13-5-4-11(15)10-12(13)20-3/h4-5,10,16H,6-9H2,1-3H3. The monoisotopic (exact) mass is 332 g/mol. The molecule has 0 amide bonds. The van der Waals surface area contributed by atoms with Crippen molar-refractivity contribution in [2.45, 2.75) is 30.2 Å². The molecule has 0 radical (unpaired) electrons. The summed E-state index contributed by atoms with van der Waals surface area (Å²) >= 11 is 5.89. The Bertz CT molecular complexity index is 611. The van der Waals surface area contributed by atoms with Crippen LogP contribution >= 0.6 is 11.6 Å². The first-order valence-electron chi connectivity index (χ1n) is 6.85. The van der Waals surface area contributed by atoms with Crippen LogP contribution in [0.25, 0.3) is 0 Å². The van der Waals surface area contributed by atoms with Gasteiger partial charge in [0.15, 0.2) is 0 Å². The molecule has 1 aliphatic heterocycles. The van der Waals surface area contributed by atoms with E-state index in [1.807, 2.05) is 7.05 Å². The van der Waals surface area contributed by atoms with Gasteiger partial charge in [-0.2, -0.15) is 4.31 Å². The minimum atomic E-state index is -3.56. The van der Waals surface area contributed by atoms with Crippen LogP contribution in [0.2, 0.25) is 5.02 Å². The number of ether oxygens (including phenoxy) is 1. The number of nitrogens with one attached hydrogen (secondary N) is 1. The fraction of sp³-hybridized carbons (Fsp3) is 0.571. The maximum atomic E-state index is 12.8. The van der Waals surface area contributed by atoms with Gasteiger partial charge in [-0.25, -0.2) is 8.42 Å². The molecule has 0 unspecified atom stereocenters. The zero-order valence-corrected chi connectivity index (χ0v) is 14.1. The molecule has 21 heavy (non-hydrogen) atoms. The second-order valence-electron chi connectivity index (χ2n) is 5.51. The molecular weight excluding hydrogens is 312 g/mol. The van der Waals surface area contributed by atoms with Crippen LogP contribution in [0.4, 0.5) is 0 Å². The van der Waals surface area contributed by atoms with Gasteiger partial charge < -0.3 is 10.1 Å². The third-order valence-corrected chi connectivity index (χ3v) is 6.35. The SMILES string of the molecule is CNC1(C)CCN(S(=O)(=O)c2ccc(Cl)cc2OC)CC1. The van der Waals surface area contributed by atoms with Gasteiger partial charge in [0.25, 0.3) is 0 Å². The summed E-state index contributed by atoms with van der Waals surface area (Å²) in [6.45, 7) is 3.09. The zero-order chi connectivity index (χ0) is 15.7. The van der Waals surface area contributed by atoms with E-state index in [0.717, 1.165) is 12.8 Å². The number of hydrogen-bond acceptors (Lipinski definition) is 4. The maximum absolute atomic E-state index is 12.8. The summed E-state index contributed by atoms with van der Waals surface area (Å²) in [6.07, 6.45) is 1.55. The molecule has 1 aromatic rings. The van der Waals surface area contributed by atoms with Crippen molar-refractivity contribution in [3.05, 3.63) is 23.2 Å². The normalized spacial score (nSPS) is 19.4. The molecule has 1 heterocycles. The topological polar surface area (TPSA) is 58.6 Å². The molecule has 1 N–H and O–H groups in total. The van der Waals surface area contributed by atoms with Crippen molar-refractivity contribution >= 4 is 21.6 Å². The lowest BCUT2D eigenvalue weighted by atomic mass is 9.91. The Morgan fingerprint density at radius 3 is 2.48 bits per heavy atom. The van der Waals surface area contributed by atoms with Gasteiger partial charge in [0.05, 0.1) is 7.11 Å². The highest BCUT2D eigenvalue weighted by Gasteiger charge is 2.35. The molecular formula is C14H21ClN2O3S. The smallest absolute Gasteiger partial charge is 0.246 e. The third kappa shape index (κ3) is 3.34. The second-order valence-corrected chi connectivity index (χ2v) is 7.85. The fourth-order valence-corrected chi connectivity index (χ4v) is 4.20. The van der Waals surface area contributed by atoms with E-state index in [-0.39, 0.29) is 16.2 Å². The third-order valence-electron chi connectivity index (χ3n) is 4.17. The number of piperidine rings is 1. The summed E-state index contributed by atoms with van der Waals surface area (Å²) in [5.74, 6) is 0.282. The minimum Gasteiger partial charge on any atom is -0.495 e. The lowest BCUT2D eigenvalue weighted by molar-refractivity contribution is 0.219. The summed E-state index contributed by atoms with van der Waals surface area (Å²) in [5.41, 5.74) is -0.00387. The molecule has 1 saturated heterocycles. The predicted molar refractivity (Wildman–Crippen MR) is 83.5 cm³/mol. The van der Waals surface area contributed by atoms with Gasteiger partial charge in [-0.15, -0.1) is 0 Å². The Labute approximate surface area is 131 Å². The van der Waals surface area contributed by atoms with E-state index >= 15 is 0 Å². The average molecular weight is 333 g/mol. The Morgan fingerprint density at radius 1 is 1.33 bits per heavy atom. The summed E-state index contributed by atoms with van der Waals surface area (Å²) in [5, 5.41) is 3.71. The van der Waals surface area contributed by atoms with E-state index in [4.69, 9.17) is 16.3 Å². The van der Waals surface area contributed by atoms with Gasteiger partial charge in [-0.05, 0) is 38.9 Å². The highest BCUT2D eigenvalue weighted by molar-refractivity contribution is 7.89. The molecule has 7 heteroatoms. The van der Waals surface area contributed by atoms with E-state index in [1.165, 1.54) is 23.5 Å². The molecule has 0 bridgehead atoms. The van der Waals surface area contributed by atoms with Crippen LogP contribution in [0, 0.1) is 0 Å². The highest BCUT2D eigenvalue weighted by atomic mass is 35.5. The van der Waals surface area contributed by atoms with Gasteiger partial charge in [-0.3, -0.25) is 0 Å². The highest BCUT2D eigenvalue weighted by Crippen LogP contribution is 2.32. The number of sulfonamides is 1. The number of halogens is 1. The van der Waals surface area contributed by atoms with Crippen LogP contribution in [0.15, 0.2) is 23.1 Å². The quantitative estimate of drug-likeness (QED) is 0.917. The van der Waals surface area contributed by atoms with Gasteiger partial charge in [0.2, 0.25) is 10.0 Å². The van der Waals surface area contributed by atoms with Crippen molar-refractivity contribution in [3.63, 3.8) is 0 Å². The zero-order valence-electron chi connectivity index (χ0n) is 12.5. The van der Waals surface area contributed by atoms with E-state index in [2.05, 4.69) is 12.2 Å². The van der Waals surface area contributed by atoms with Gasteiger partial charge in [0.1, 0.15) is 10.6 Å². The molecule has 118 valence electrons. The first kappa shape index (κ1) is 16.5.